The lowest BCUT2D eigenvalue weighted by molar-refractivity contribution is 0.303. The van der Waals surface area contributed by atoms with Crippen molar-refractivity contribution in [3.8, 4) is 22.1 Å². The molecule has 28 heavy (non-hydrogen) atoms. The molecule has 7 nitrogen and oxygen atoms in total. The monoisotopic (exact) mass is 505 g/mol. The second-order valence-electron chi connectivity index (χ2n) is 6.16. The summed E-state index contributed by atoms with van der Waals surface area (Å²) in [4.78, 5) is 16.8. The summed E-state index contributed by atoms with van der Waals surface area (Å²) in [6.45, 7) is 2.26. The van der Waals surface area contributed by atoms with Crippen LogP contribution < -0.4 is 10.4 Å². The molecule has 0 aliphatic rings. The molecule has 0 fully saturated rings. The molecule has 0 saturated heterocycles. The van der Waals surface area contributed by atoms with Crippen LogP contribution in [-0.4, -0.2) is 24.8 Å². The molecular formula is C19H16IN5O2S. The average Bonchev–Trinajstić information content (AvgIpc) is 3.29. The van der Waals surface area contributed by atoms with Crippen molar-refractivity contribution < 1.29 is 4.74 Å². The second kappa shape index (κ2) is 7.84. The SMILES string of the molecule is Cc1cccc(-n2nnn(C)c2=O)c1COc1nc(-c2ccc(I)cc2)cs1. The quantitative estimate of drug-likeness (QED) is 0.388. The topological polar surface area (TPSA) is 74.8 Å². The summed E-state index contributed by atoms with van der Waals surface area (Å²) in [5.41, 5.74) is 4.16. The van der Waals surface area contributed by atoms with Gasteiger partial charge in [0.1, 0.15) is 6.61 Å². The highest BCUT2D eigenvalue weighted by molar-refractivity contribution is 14.1. The number of aryl methyl sites for hydroxylation is 2. The first kappa shape index (κ1) is 18.8. The number of hydrogen-bond donors (Lipinski definition) is 0. The average molecular weight is 505 g/mol. The minimum atomic E-state index is -0.304. The van der Waals surface area contributed by atoms with Crippen LogP contribution in [0.1, 0.15) is 11.1 Å². The number of aromatic nitrogens is 5. The Labute approximate surface area is 178 Å². The molecule has 0 N–H and O–H groups in total. The maximum absolute atomic E-state index is 12.2. The zero-order valence-electron chi connectivity index (χ0n) is 15.2. The molecule has 0 aliphatic heterocycles. The molecule has 0 bridgehead atoms. The smallest absolute Gasteiger partial charge is 0.368 e. The number of rotatable bonds is 5. The highest BCUT2D eigenvalue weighted by atomic mass is 127. The van der Waals surface area contributed by atoms with Gasteiger partial charge in [-0.2, -0.15) is 9.36 Å². The maximum atomic E-state index is 12.2. The molecule has 0 radical (unpaired) electrons. The third kappa shape index (κ3) is 3.72. The van der Waals surface area contributed by atoms with E-state index in [1.165, 1.54) is 24.3 Å². The van der Waals surface area contributed by atoms with Gasteiger partial charge in [0.25, 0.3) is 5.19 Å². The van der Waals surface area contributed by atoms with Crippen LogP contribution in [0.15, 0.2) is 52.6 Å². The summed E-state index contributed by atoms with van der Waals surface area (Å²) in [6, 6.07) is 13.9. The van der Waals surface area contributed by atoms with Crippen LogP contribution in [0, 0.1) is 10.5 Å². The van der Waals surface area contributed by atoms with Gasteiger partial charge in [-0.25, -0.2) is 9.78 Å². The molecule has 142 valence electrons. The molecule has 0 atom stereocenters. The number of benzene rings is 2. The lowest BCUT2D eigenvalue weighted by Crippen LogP contribution is -2.23. The largest absolute Gasteiger partial charge is 0.465 e. The fourth-order valence-electron chi connectivity index (χ4n) is 2.75. The van der Waals surface area contributed by atoms with E-state index in [0.717, 1.165) is 22.4 Å². The highest BCUT2D eigenvalue weighted by Crippen LogP contribution is 2.28. The van der Waals surface area contributed by atoms with E-state index in [9.17, 15) is 4.79 Å². The molecule has 2 aromatic carbocycles. The number of ether oxygens (including phenoxy) is 1. The van der Waals surface area contributed by atoms with Gasteiger partial charge in [0.05, 0.1) is 11.4 Å². The Morgan fingerprint density at radius 1 is 1.14 bits per heavy atom. The van der Waals surface area contributed by atoms with Crippen molar-refractivity contribution in [3.63, 3.8) is 0 Å². The van der Waals surface area contributed by atoms with Crippen LogP contribution >= 0.6 is 33.9 Å². The van der Waals surface area contributed by atoms with Crippen molar-refractivity contribution in [2.75, 3.05) is 0 Å². The van der Waals surface area contributed by atoms with Crippen LogP contribution in [0.25, 0.3) is 16.9 Å². The number of thiazole rings is 1. The summed E-state index contributed by atoms with van der Waals surface area (Å²) in [5, 5.41) is 10.3. The molecule has 4 rings (SSSR count). The van der Waals surface area contributed by atoms with E-state index in [4.69, 9.17) is 4.74 Å². The van der Waals surface area contributed by atoms with E-state index in [1.807, 2.05) is 54.8 Å². The predicted molar refractivity (Wildman–Crippen MR) is 116 cm³/mol. The lowest BCUT2D eigenvalue weighted by Gasteiger charge is -2.11. The second-order valence-corrected chi connectivity index (χ2v) is 8.23. The number of halogens is 1. The normalized spacial score (nSPS) is 11.0. The first-order valence-corrected chi connectivity index (χ1v) is 10.4. The third-order valence-electron chi connectivity index (χ3n) is 4.30. The van der Waals surface area contributed by atoms with Crippen LogP contribution in [0.2, 0.25) is 0 Å². The number of hydrogen-bond acceptors (Lipinski definition) is 6. The van der Waals surface area contributed by atoms with Gasteiger partial charge in [0.2, 0.25) is 0 Å². The Balaban J connectivity index is 1.58. The maximum Gasteiger partial charge on any atom is 0.368 e. The summed E-state index contributed by atoms with van der Waals surface area (Å²) in [6.07, 6.45) is 0. The minimum absolute atomic E-state index is 0.282. The molecule has 0 amide bonds. The van der Waals surface area contributed by atoms with Gasteiger partial charge in [-0.15, -0.1) is 0 Å². The van der Waals surface area contributed by atoms with Crippen LogP contribution in [0.4, 0.5) is 0 Å². The molecular weight excluding hydrogens is 489 g/mol. The molecule has 9 heteroatoms. The summed E-state index contributed by atoms with van der Waals surface area (Å²) in [5.74, 6) is 0. The van der Waals surface area contributed by atoms with Crippen molar-refractivity contribution in [3.05, 3.63) is 73.0 Å². The van der Waals surface area contributed by atoms with Crippen LogP contribution in [-0.2, 0) is 13.7 Å². The first-order chi connectivity index (χ1) is 13.5. The molecule has 2 heterocycles. The van der Waals surface area contributed by atoms with Crippen molar-refractivity contribution >= 4 is 33.9 Å². The molecule has 0 spiro atoms. The lowest BCUT2D eigenvalue weighted by atomic mass is 10.1. The Bertz CT molecular complexity index is 1180. The van der Waals surface area contributed by atoms with E-state index in [2.05, 4.69) is 38.0 Å². The Hall–Kier alpha value is -2.53. The van der Waals surface area contributed by atoms with E-state index in [-0.39, 0.29) is 12.3 Å². The molecule has 0 aliphatic carbocycles. The molecule has 0 unspecified atom stereocenters. The van der Waals surface area contributed by atoms with Gasteiger partial charge in [0, 0.05) is 27.1 Å². The van der Waals surface area contributed by atoms with Crippen molar-refractivity contribution in [2.45, 2.75) is 13.5 Å². The van der Waals surface area contributed by atoms with E-state index in [0.29, 0.717) is 10.9 Å². The van der Waals surface area contributed by atoms with Gasteiger partial charge in [-0.05, 0) is 63.7 Å². The third-order valence-corrected chi connectivity index (χ3v) is 5.77. The Kier molecular flexibility index (Phi) is 5.27. The molecule has 4 aromatic rings. The summed E-state index contributed by atoms with van der Waals surface area (Å²) >= 11 is 3.72. The zero-order chi connectivity index (χ0) is 19.7. The fourth-order valence-corrected chi connectivity index (χ4v) is 3.79. The molecule has 2 aromatic heterocycles. The Morgan fingerprint density at radius 2 is 1.93 bits per heavy atom. The standard InChI is InChI=1S/C19H16IN5O2S/c1-12-4-3-5-17(25-19(26)24(2)22-23-25)15(12)10-27-18-21-16(11-28-18)13-6-8-14(20)9-7-13/h3-9,11H,10H2,1-2H3. The van der Waals surface area contributed by atoms with Crippen molar-refractivity contribution in [2.24, 2.45) is 7.05 Å². The van der Waals surface area contributed by atoms with Gasteiger partial charge >= 0.3 is 5.69 Å². The zero-order valence-corrected chi connectivity index (χ0v) is 18.1. The minimum Gasteiger partial charge on any atom is -0.465 e. The van der Waals surface area contributed by atoms with Gasteiger partial charge in [0.15, 0.2) is 0 Å². The first-order valence-electron chi connectivity index (χ1n) is 8.45. The van der Waals surface area contributed by atoms with E-state index < -0.39 is 0 Å². The van der Waals surface area contributed by atoms with Gasteiger partial charge < -0.3 is 4.74 Å². The van der Waals surface area contributed by atoms with Crippen LogP contribution in [0.3, 0.4) is 0 Å². The summed E-state index contributed by atoms with van der Waals surface area (Å²) in [7, 11) is 1.57. The van der Waals surface area contributed by atoms with E-state index in [1.54, 1.807) is 7.05 Å². The van der Waals surface area contributed by atoms with E-state index >= 15 is 0 Å². The number of tetrazole rings is 1. The van der Waals surface area contributed by atoms with Crippen molar-refractivity contribution in [1.82, 2.24) is 24.8 Å². The highest BCUT2D eigenvalue weighted by Gasteiger charge is 2.14. The number of nitrogens with zero attached hydrogens (tertiary/aromatic N) is 5. The van der Waals surface area contributed by atoms with Gasteiger partial charge in [-0.3, -0.25) is 0 Å². The summed E-state index contributed by atoms with van der Waals surface area (Å²) < 4.78 is 9.60. The Morgan fingerprint density at radius 3 is 2.64 bits per heavy atom. The van der Waals surface area contributed by atoms with Crippen molar-refractivity contribution in [1.29, 1.82) is 0 Å². The van der Waals surface area contributed by atoms with Crippen LogP contribution in [0.5, 0.6) is 5.19 Å². The fraction of sp³-hybridized carbons (Fsp3) is 0.158. The predicted octanol–water partition coefficient (Wildman–Crippen LogP) is 3.58. The van der Waals surface area contributed by atoms with Gasteiger partial charge in [-0.1, -0.05) is 35.6 Å². The molecule has 0 saturated carbocycles.